The maximum atomic E-state index is 13.3. The second-order valence-corrected chi connectivity index (χ2v) is 7.80. The standard InChI is InChI=1S/C21H29F2N5/c1-13-14(2)25-21(27-20(13)28(3)4)26-17-8-6-16(7-9-17)24-12-15-5-10-18(22)19(23)11-15/h5,10-11,16-17,24H,6-9,12H2,1-4H3,(H,25,26,27)/t16-,17+. The van der Waals surface area contributed by atoms with Gasteiger partial charge in [-0.3, -0.25) is 0 Å². The normalized spacial score (nSPS) is 19.5. The summed E-state index contributed by atoms with van der Waals surface area (Å²) in [7, 11) is 3.98. The molecule has 7 heteroatoms. The fourth-order valence-corrected chi connectivity index (χ4v) is 3.65. The first-order valence-corrected chi connectivity index (χ1v) is 9.80. The number of halogens is 2. The minimum atomic E-state index is -0.804. The lowest BCUT2D eigenvalue weighted by Crippen LogP contribution is -2.37. The lowest BCUT2D eigenvalue weighted by molar-refractivity contribution is 0.352. The lowest BCUT2D eigenvalue weighted by atomic mass is 9.91. The summed E-state index contributed by atoms with van der Waals surface area (Å²) in [6.07, 6.45) is 4.07. The molecule has 0 atom stereocenters. The number of anilines is 2. The third-order valence-electron chi connectivity index (χ3n) is 5.43. The van der Waals surface area contributed by atoms with Crippen LogP contribution in [-0.2, 0) is 6.54 Å². The van der Waals surface area contributed by atoms with Crippen molar-refractivity contribution in [2.45, 2.75) is 58.2 Å². The van der Waals surface area contributed by atoms with Crippen LogP contribution in [0.1, 0.15) is 42.5 Å². The number of hydrogen-bond donors (Lipinski definition) is 2. The highest BCUT2D eigenvalue weighted by atomic mass is 19.2. The molecule has 0 saturated heterocycles. The van der Waals surface area contributed by atoms with Crippen LogP contribution in [0, 0.1) is 25.5 Å². The molecule has 152 valence electrons. The molecule has 1 aliphatic carbocycles. The van der Waals surface area contributed by atoms with Crippen LogP contribution in [0.4, 0.5) is 20.5 Å². The minimum absolute atomic E-state index is 0.346. The summed E-state index contributed by atoms with van der Waals surface area (Å²) in [6.45, 7) is 4.60. The number of nitrogens with one attached hydrogen (secondary N) is 2. The van der Waals surface area contributed by atoms with Gasteiger partial charge in [-0.2, -0.15) is 4.98 Å². The highest BCUT2D eigenvalue weighted by Crippen LogP contribution is 2.24. The predicted molar refractivity (Wildman–Crippen MR) is 109 cm³/mol. The van der Waals surface area contributed by atoms with E-state index >= 15 is 0 Å². The van der Waals surface area contributed by atoms with Gasteiger partial charge < -0.3 is 15.5 Å². The van der Waals surface area contributed by atoms with E-state index in [-0.39, 0.29) is 0 Å². The van der Waals surface area contributed by atoms with Gasteiger partial charge in [0.2, 0.25) is 5.95 Å². The van der Waals surface area contributed by atoms with Crippen molar-refractivity contribution in [3.63, 3.8) is 0 Å². The van der Waals surface area contributed by atoms with Gasteiger partial charge in [-0.05, 0) is 57.2 Å². The van der Waals surface area contributed by atoms with E-state index in [0.29, 0.717) is 24.6 Å². The molecule has 0 bridgehead atoms. The molecule has 2 aromatic rings. The Labute approximate surface area is 165 Å². The molecule has 0 amide bonds. The van der Waals surface area contributed by atoms with E-state index in [2.05, 4.69) is 20.6 Å². The molecule has 1 aliphatic rings. The first kappa shape index (κ1) is 20.5. The van der Waals surface area contributed by atoms with Crippen molar-refractivity contribution < 1.29 is 8.78 Å². The van der Waals surface area contributed by atoms with Gasteiger partial charge in [0.05, 0.1) is 0 Å². The maximum Gasteiger partial charge on any atom is 0.225 e. The smallest absolute Gasteiger partial charge is 0.225 e. The number of hydrogen-bond acceptors (Lipinski definition) is 5. The largest absolute Gasteiger partial charge is 0.362 e. The lowest BCUT2D eigenvalue weighted by Gasteiger charge is -2.30. The zero-order valence-electron chi connectivity index (χ0n) is 17.0. The Kier molecular flexibility index (Phi) is 6.44. The molecule has 1 heterocycles. The van der Waals surface area contributed by atoms with E-state index < -0.39 is 11.6 Å². The quantitative estimate of drug-likeness (QED) is 0.784. The van der Waals surface area contributed by atoms with Gasteiger partial charge in [-0.1, -0.05) is 6.07 Å². The van der Waals surface area contributed by atoms with Crippen molar-refractivity contribution in [3.8, 4) is 0 Å². The second kappa shape index (κ2) is 8.82. The van der Waals surface area contributed by atoms with E-state index in [4.69, 9.17) is 0 Å². The van der Waals surface area contributed by atoms with Crippen molar-refractivity contribution in [1.29, 1.82) is 0 Å². The Hall–Kier alpha value is -2.28. The third-order valence-corrected chi connectivity index (χ3v) is 5.43. The van der Waals surface area contributed by atoms with E-state index in [1.807, 2.05) is 32.8 Å². The number of nitrogens with zero attached hydrogens (tertiary/aromatic N) is 3. The SMILES string of the molecule is Cc1nc(N[C@H]2CC[C@@H](NCc3ccc(F)c(F)c3)CC2)nc(N(C)C)c1C. The van der Waals surface area contributed by atoms with Gasteiger partial charge in [-0.25, -0.2) is 13.8 Å². The van der Waals surface area contributed by atoms with E-state index in [9.17, 15) is 8.78 Å². The maximum absolute atomic E-state index is 13.3. The average molecular weight is 389 g/mol. The molecule has 1 saturated carbocycles. The summed E-state index contributed by atoms with van der Waals surface area (Å²) in [6, 6.07) is 4.79. The van der Waals surface area contributed by atoms with Gasteiger partial charge in [0.15, 0.2) is 11.6 Å². The number of rotatable bonds is 6. The fourth-order valence-electron chi connectivity index (χ4n) is 3.65. The summed E-state index contributed by atoms with van der Waals surface area (Å²) in [5.74, 6) is 0.0286. The topological polar surface area (TPSA) is 53.1 Å². The van der Waals surface area contributed by atoms with Gasteiger partial charge in [0, 0.05) is 44.0 Å². The molecule has 0 aliphatic heterocycles. The first-order valence-electron chi connectivity index (χ1n) is 9.80. The number of aromatic nitrogens is 2. The molecule has 1 fully saturated rings. The van der Waals surface area contributed by atoms with Crippen LogP contribution in [0.25, 0.3) is 0 Å². The van der Waals surface area contributed by atoms with Crippen LogP contribution in [-0.4, -0.2) is 36.1 Å². The van der Waals surface area contributed by atoms with Crippen LogP contribution in [0.15, 0.2) is 18.2 Å². The summed E-state index contributed by atoms with van der Waals surface area (Å²) < 4.78 is 26.3. The third kappa shape index (κ3) is 4.95. The Balaban J connectivity index is 1.51. The molecule has 0 spiro atoms. The van der Waals surface area contributed by atoms with Crippen molar-refractivity contribution in [1.82, 2.24) is 15.3 Å². The van der Waals surface area contributed by atoms with Crippen molar-refractivity contribution >= 4 is 11.8 Å². The van der Waals surface area contributed by atoms with Crippen LogP contribution in [0.2, 0.25) is 0 Å². The first-order chi connectivity index (χ1) is 13.3. The van der Waals surface area contributed by atoms with Gasteiger partial charge in [0.25, 0.3) is 0 Å². The molecule has 28 heavy (non-hydrogen) atoms. The zero-order valence-corrected chi connectivity index (χ0v) is 17.0. The Morgan fingerprint density at radius 2 is 1.68 bits per heavy atom. The molecule has 1 aromatic carbocycles. The predicted octanol–water partition coefficient (Wildman–Crippen LogP) is 3.95. The average Bonchev–Trinajstić information content (AvgIpc) is 2.66. The van der Waals surface area contributed by atoms with Crippen molar-refractivity contribution in [3.05, 3.63) is 46.7 Å². The second-order valence-electron chi connectivity index (χ2n) is 7.80. The number of benzene rings is 1. The highest BCUT2D eigenvalue weighted by Gasteiger charge is 2.22. The van der Waals surface area contributed by atoms with Gasteiger partial charge in [-0.15, -0.1) is 0 Å². The summed E-state index contributed by atoms with van der Waals surface area (Å²) in [4.78, 5) is 11.3. The molecule has 0 radical (unpaired) electrons. The molecule has 3 rings (SSSR count). The number of aryl methyl sites for hydroxylation is 1. The van der Waals surface area contributed by atoms with Crippen LogP contribution in [0.3, 0.4) is 0 Å². The molecule has 1 aromatic heterocycles. The van der Waals surface area contributed by atoms with Crippen LogP contribution >= 0.6 is 0 Å². The minimum Gasteiger partial charge on any atom is -0.362 e. The molecule has 2 N–H and O–H groups in total. The molecular weight excluding hydrogens is 360 g/mol. The highest BCUT2D eigenvalue weighted by molar-refractivity contribution is 5.51. The van der Waals surface area contributed by atoms with E-state index in [1.165, 1.54) is 12.1 Å². The summed E-state index contributed by atoms with van der Waals surface area (Å²) in [5, 5.41) is 6.94. The van der Waals surface area contributed by atoms with Gasteiger partial charge in [0.1, 0.15) is 5.82 Å². The van der Waals surface area contributed by atoms with Crippen molar-refractivity contribution in [2.75, 3.05) is 24.3 Å². The van der Waals surface area contributed by atoms with E-state index in [1.54, 1.807) is 6.07 Å². The Bertz CT molecular complexity index is 817. The monoisotopic (exact) mass is 389 g/mol. The summed E-state index contributed by atoms with van der Waals surface area (Å²) in [5.41, 5.74) is 2.85. The van der Waals surface area contributed by atoms with Gasteiger partial charge >= 0.3 is 0 Å². The van der Waals surface area contributed by atoms with Crippen LogP contribution < -0.4 is 15.5 Å². The summed E-state index contributed by atoms with van der Waals surface area (Å²) >= 11 is 0. The fraction of sp³-hybridized carbons (Fsp3) is 0.524. The molecular formula is C21H29F2N5. The molecule has 0 unspecified atom stereocenters. The van der Waals surface area contributed by atoms with Crippen LogP contribution in [0.5, 0.6) is 0 Å². The van der Waals surface area contributed by atoms with Crippen molar-refractivity contribution in [2.24, 2.45) is 0 Å². The zero-order chi connectivity index (χ0) is 20.3. The molecule has 5 nitrogen and oxygen atoms in total. The Morgan fingerprint density at radius 3 is 2.32 bits per heavy atom. The Morgan fingerprint density at radius 1 is 1.00 bits per heavy atom. The van der Waals surface area contributed by atoms with E-state index in [0.717, 1.165) is 48.3 Å².